The molecule has 0 unspecified atom stereocenters. The molecule has 3 aromatic rings. The molecule has 3 aliphatic rings. The van der Waals surface area contributed by atoms with Gasteiger partial charge in [-0.3, -0.25) is 14.4 Å². The molecule has 1 spiro atoms. The highest BCUT2D eigenvalue weighted by atomic mass is 19.1. The minimum atomic E-state index is -1.40. The average molecular weight is 467 g/mol. The number of aryl methyl sites for hydroxylation is 1. The largest absolute Gasteiger partial charge is 0.352 e. The molecule has 5 nitrogen and oxygen atoms in total. The molecule has 1 saturated heterocycles. The standard InChI is InChI=1S/C29H23FN2O3/c1-16-11-13-23-18(15-16)12-14-24-29(20-8-4-6-10-22(20)31-28(29)35)25(26(17(2)33)32(23)24)27(34)19-7-3-5-9-21(19)30/h3-15,24-26H,1-2H3,(H,31,35)/t24-,25-,26-,29+/m1/s1. The van der Waals surface area contributed by atoms with E-state index < -0.39 is 35.0 Å². The Labute approximate surface area is 202 Å². The van der Waals surface area contributed by atoms with Gasteiger partial charge < -0.3 is 10.2 Å². The monoisotopic (exact) mass is 466 g/mol. The molecule has 174 valence electrons. The van der Waals surface area contributed by atoms with Crippen LogP contribution in [0.4, 0.5) is 15.8 Å². The Morgan fingerprint density at radius 1 is 1.03 bits per heavy atom. The molecule has 3 aliphatic heterocycles. The van der Waals surface area contributed by atoms with E-state index in [1.54, 1.807) is 12.1 Å². The molecule has 1 amide bonds. The number of rotatable bonds is 3. The maximum absolute atomic E-state index is 14.9. The van der Waals surface area contributed by atoms with Gasteiger partial charge >= 0.3 is 0 Å². The van der Waals surface area contributed by atoms with Gasteiger partial charge in [-0.15, -0.1) is 0 Å². The fourth-order valence-electron chi connectivity index (χ4n) is 6.28. The maximum Gasteiger partial charge on any atom is 0.238 e. The van der Waals surface area contributed by atoms with Crippen LogP contribution >= 0.6 is 0 Å². The van der Waals surface area contributed by atoms with Crippen molar-refractivity contribution in [3.63, 3.8) is 0 Å². The number of hydrogen-bond acceptors (Lipinski definition) is 4. The first-order chi connectivity index (χ1) is 16.9. The van der Waals surface area contributed by atoms with E-state index >= 15 is 0 Å². The lowest BCUT2D eigenvalue weighted by atomic mass is 9.64. The summed E-state index contributed by atoms with van der Waals surface area (Å²) < 4.78 is 14.9. The summed E-state index contributed by atoms with van der Waals surface area (Å²) in [6.07, 6.45) is 3.86. The third kappa shape index (κ3) is 2.77. The molecule has 0 bridgehead atoms. The minimum absolute atomic E-state index is 0.117. The normalized spacial score (nSPS) is 25.7. The minimum Gasteiger partial charge on any atom is -0.352 e. The van der Waals surface area contributed by atoms with Crippen molar-refractivity contribution in [3.8, 4) is 0 Å². The number of hydrogen-bond donors (Lipinski definition) is 1. The molecule has 0 aliphatic carbocycles. The van der Waals surface area contributed by atoms with Crippen molar-refractivity contribution in [2.75, 3.05) is 10.2 Å². The molecule has 4 atom stereocenters. The fraction of sp³-hybridized carbons (Fsp3) is 0.207. The summed E-state index contributed by atoms with van der Waals surface area (Å²) in [5, 5.41) is 2.95. The number of nitrogens with one attached hydrogen (secondary N) is 1. The van der Waals surface area contributed by atoms with Gasteiger partial charge in [0.2, 0.25) is 5.91 Å². The van der Waals surface area contributed by atoms with Gasteiger partial charge in [0.1, 0.15) is 11.2 Å². The van der Waals surface area contributed by atoms with Crippen LogP contribution in [0.25, 0.3) is 6.08 Å². The van der Waals surface area contributed by atoms with Crippen LogP contribution in [-0.4, -0.2) is 29.6 Å². The lowest BCUT2D eigenvalue weighted by Crippen LogP contribution is -2.51. The molecular weight excluding hydrogens is 443 g/mol. The molecular formula is C29H23FN2O3. The Morgan fingerprint density at radius 2 is 1.77 bits per heavy atom. The number of carbonyl (C=O) groups is 3. The molecule has 6 heteroatoms. The van der Waals surface area contributed by atoms with E-state index in [-0.39, 0.29) is 17.3 Å². The molecule has 3 heterocycles. The summed E-state index contributed by atoms with van der Waals surface area (Å²) in [5.41, 5.74) is 2.49. The molecule has 0 radical (unpaired) electrons. The van der Waals surface area contributed by atoms with Gasteiger partial charge in [0.25, 0.3) is 0 Å². The van der Waals surface area contributed by atoms with Crippen LogP contribution in [0, 0.1) is 18.7 Å². The third-order valence-corrected chi connectivity index (χ3v) is 7.63. The third-order valence-electron chi connectivity index (χ3n) is 7.63. The topological polar surface area (TPSA) is 66.5 Å². The van der Waals surface area contributed by atoms with Crippen molar-refractivity contribution in [2.24, 2.45) is 5.92 Å². The van der Waals surface area contributed by atoms with Gasteiger partial charge in [0.05, 0.1) is 23.6 Å². The highest BCUT2D eigenvalue weighted by Crippen LogP contribution is 2.57. The average Bonchev–Trinajstić information content (AvgIpc) is 3.32. The van der Waals surface area contributed by atoms with E-state index in [4.69, 9.17) is 0 Å². The maximum atomic E-state index is 14.9. The van der Waals surface area contributed by atoms with Gasteiger partial charge in [-0.25, -0.2) is 4.39 Å². The summed E-state index contributed by atoms with van der Waals surface area (Å²) in [6.45, 7) is 3.42. The van der Waals surface area contributed by atoms with E-state index in [1.807, 2.05) is 60.4 Å². The fourth-order valence-corrected chi connectivity index (χ4v) is 6.28. The number of ketones is 2. The van der Waals surface area contributed by atoms with Crippen molar-refractivity contribution in [3.05, 3.63) is 101 Å². The van der Waals surface area contributed by atoms with Gasteiger partial charge in [-0.1, -0.05) is 54.1 Å². The molecule has 0 saturated carbocycles. The van der Waals surface area contributed by atoms with Crippen LogP contribution in [0.2, 0.25) is 0 Å². The number of anilines is 2. The zero-order valence-electron chi connectivity index (χ0n) is 19.3. The zero-order chi connectivity index (χ0) is 24.5. The van der Waals surface area contributed by atoms with Gasteiger partial charge in [0.15, 0.2) is 11.6 Å². The van der Waals surface area contributed by atoms with Gasteiger partial charge in [0, 0.05) is 11.4 Å². The Morgan fingerprint density at radius 3 is 2.54 bits per heavy atom. The quantitative estimate of drug-likeness (QED) is 0.569. The molecule has 0 aromatic heterocycles. The Kier molecular flexibility index (Phi) is 4.58. The number of para-hydroxylation sites is 1. The number of fused-ring (bicyclic) bond motifs is 6. The molecule has 6 rings (SSSR count). The second-order valence-corrected chi connectivity index (χ2v) is 9.52. The first kappa shape index (κ1) is 21.5. The summed E-state index contributed by atoms with van der Waals surface area (Å²) in [6, 6.07) is 17.4. The Bertz CT molecular complexity index is 1460. The highest BCUT2D eigenvalue weighted by Gasteiger charge is 2.70. The van der Waals surface area contributed by atoms with Crippen LogP contribution in [0.3, 0.4) is 0 Å². The predicted molar refractivity (Wildman–Crippen MR) is 132 cm³/mol. The summed E-state index contributed by atoms with van der Waals surface area (Å²) in [7, 11) is 0. The van der Waals surface area contributed by atoms with E-state index in [2.05, 4.69) is 5.32 Å². The second-order valence-electron chi connectivity index (χ2n) is 9.52. The Hall–Kier alpha value is -4.06. The Balaban J connectivity index is 1.67. The van der Waals surface area contributed by atoms with E-state index in [9.17, 15) is 18.8 Å². The van der Waals surface area contributed by atoms with Gasteiger partial charge in [-0.2, -0.15) is 0 Å². The molecule has 3 aromatic carbocycles. The number of amides is 1. The van der Waals surface area contributed by atoms with Crippen LogP contribution in [0.15, 0.2) is 72.8 Å². The molecule has 1 N–H and O–H groups in total. The van der Waals surface area contributed by atoms with Gasteiger partial charge in [-0.05, 0) is 55.3 Å². The van der Waals surface area contributed by atoms with E-state index in [0.29, 0.717) is 11.3 Å². The SMILES string of the molecule is CC(=O)[C@@H]1[C@H](C(=O)c2ccccc2F)[C@@]2(C(=O)Nc3ccccc32)[C@H]2C=Cc3cc(C)ccc3N12. The first-order valence-corrected chi connectivity index (χ1v) is 11.6. The number of carbonyl (C=O) groups excluding carboxylic acids is 3. The highest BCUT2D eigenvalue weighted by molar-refractivity contribution is 6.16. The number of halogens is 1. The van der Waals surface area contributed by atoms with Crippen molar-refractivity contribution in [1.29, 1.82) is 0 Å². The lowest BCUT2D eigenvalue weighted by molar-refractivity contribution is -0.122. The van der Waals surface area contributed by atoms with Crippen LogP contribution in [-0.2, 0) is 15.0 Å². The number of nitrogens with zero attached hydrogens (tertiary/aromatic N) is 1. The second kappa shape index (κ2) is 7.47. The molecule has 1 fully saturated rings. The number of Topliss-reactive ketones (excluding diaryl/α,β-unsaturated/α-hetero) is 2. The smallest absolute Gasteiger partial charge is 0.238 e. The zero-order valence-corrected chi connectivity index (χ0v) is 19.3. The van der Waals surface area contributed by atoms with E-state index in [1.165, 1.54) is 25.1 Å². The van der Waals surface area contributed by atoms with Crippen molar-refractivity contribution in [2.45, 2.75) is 31.3 Å². The van der Waals surface area contributed by atoms with Crippen molar-refractivity contribution >= 4 is 34.9 Å². The molecule has 35 heavy (non-hydrogen) atoms. The first-order valence-electron chi connectivity index (χ1n) is 11.6. The summed E-state index contributed by atoms with van der Waals surface area (Å²) in [4.78, 5) is 43.4. The van der Waals surface area contributed by atoms with Crippen LogP contribution in [0.1, 0.15) is 34.0 Å². The van der Waals surface area contributed by atoms with Crippen LogP contribution in [0.5, 0.6) is 0 Å². The van der Waals surface area contributed by atoms with Crippen LogP contribution < -0.4 is 10.2 Å². The van der Waals surface area contributed by atoms with Crippen molar-refractivity contribution < 1.29 is 18.8 Å². The van der Waals surface area contributed by atoms with E-state index in [0.717, 1.165) is 16.8 Å². The summed E-state index contributed by atoms with van der Waals surface area (Å²) in [5.74, 6) is -2.94. The lowest BCUT2D eigenvalue weighted by Gasteiger charge is -2.37. The van der Waals surface area contributed by atoms with Crippen molar-refractivity contribution in [1.82, 2.24) is 0 Å². The predicted octanol–water partition coefficient (Wildman–Crippen LogP) is 4.70. The summed E-state index contributed by atoms with van der Waals surface area (Å²) >= 11 is 0. The number of benzene rings is 3.